The number of nitrogens with zero attached hydrogens (tertiary/aromatic N) is 2. The summed E-state index contributed by atoms with van der Waals surface area (Å²) >= 11 is 0. The molecule has 0 saturated heterocycles. The number of fused-ring (bicyclic) bond motifs is 2. The molecule has 7 heteroatoms. The van der Waals surface area contributed by atoms with E-state index in [9.17, 15) is 9.59 Å². The molecule has 0 saturated carbocycles. The van der Waals surface area contributed by atoms with Crippen LogP contribution < -0.4 is 10.9 Å². The standard InChI is InChI=1S/C18H14N4O3/c23-17(9-14-13-7-3-4-8-16(13)25-22-14)19-10-15-11-5-1-2-6-12(11)18(24)21-20-15/h1-8H,9-10H2,(H,19,23)(H,21,24). The Morgan fingerprint density at radius 2 is 1.72 bits per heavy atom. The van der Waals surface area contributed by atoms with Gasteiger partial charge in [0, 0.05) is 10.8 Å². The third-order valence-corrected chi connectivity index (χ3v) is 4.01. The number of carbonyl (C=O) groups is 1. The fourth-order valence-corrected chi connectivity index (χ4v) is 2.77. The molecule has 0 aliphatic carbocycles. The normalized spacial score (nSPS) is 11.0. The van der Waals surface area contributed by atoms with Crippen LogP contribution in [0.5, 0.6) is 0 Å². The Morgan fingerprint density at radius 1 is 1.00 bits per heavy atom. The molecule has 0 bridgehead atoms. The molecule has 2 aromatic heterocycles. The van der Waals surface area contributed by atoms with E-state index >= 15 is 0 Å². The fraction of sp³-hybridized carbons (Fsp3) is 0.111. The molecule has 2 N–H and O–H groups in total. The van der Waals surface area contributed by atoms with E-state index in [1.807, 2.05) is 30.3 Å². The first kappa shape index (κ1) is 15.1. The molecule has 25 heavy (non-hydrogen) atoms. The molecule has 2 heterocycles. The van der Waals surface area contributed by atoms with Gasteiger partial charge in [0.1, 0.15) is 5.69 Å². The zero-order valence-electron chi connectivity index (χ0n) is 13.2. The molecule has 0 spiro atoms. The predicted octanol–water partition coefficient (Wildman–Crippen LogP) is 1.92. The van der Waals surface area contributed by atoms with Crippen LogP contribution in [0.15, 0.2) is 57.8 Å². The number of carbonyl (C=O) groups excluding carboxylic acids is 1. The van der Waals surface area contributed by atoms with Crippen molar-refractivity contribution in [2.45, 2.75) is 13.0 Å². The first-order valence-electron chi connectivity index (χ1n) is 7.78. The van der Waals surface area contributed by atoms with Crippen LogP contribution in [-0.4, -0.2) is 21.3 Å². The van der Waals surface area contributed by atoms with E-state index in [0.29, 0.717) is 22.4 Å². The van der Waals surface area contributed by atoms with Gasteiger partial charge in [0.05, 0.1) is 24.0 Å². The lowest BCUT2D eigenvalue weighted by molar-refractivity contribution is -0.120. The summed E-state index contributed by atoms with van der Waals surface area (Å²) in [6.07, 6.45) is 0.109. The van der Waals surface area contributed by atoms with E-state index in [1.54, 1.807) is 18.2 Å². The van der Waals surface area contributed by atoms with E-state index in [4.69, 9.17) is 4.52 Å². The lowest BCUT2D eigenvalue weighted by Crippen LogP contribution is -2.26. The fourth-order valence-electron chi connectivity index (χ4n) is 2.77. The van der Waals surface area contributed by atoms with Crippen molar-refractivity contribution in [1.82, 2.24) is 20.7 Å². The Kier molecular flexibility index (Phi) is 3.74. The van der Waals surface area contributed by atoms with Crippen molar-refractivity contribution in [2.75, 3.05) is 0 Å². The topological polar surface area (TPSA) is 101 Å². The predicted molar refractivity (Wildman–Crippen MR) is 91.9 cm³/mol. The zero-order chi connectivity index (χ0) is 17.2. The van der Waals surface area contributed by atoms with Crippen LogP contribution in [0.2, 0.25) is 0 Å². The third-order valence-electron chi connectivity index (χ3n) is 4.01. The zero-order valence-corrected chi connectivity index (χ0v) is 13.2. The average molecular weight is 334 g/mol. The van der Waals surface area contributed by atoms with Gasteiger partial charge in [-0.05, 0) is 18.2 Å². The number of para-hydroxylation sites is 1. The summed E-state index contributed by atoms with van der Waals surface area (Å²) in [7, 11) is 0. The highest BCUT2D eigenvalue weighted by Gasteiger charge is 2.13. The first-order chi connectivity index (χ1) is 12.2. The summed E-state index contributed by atoms with van der Waals surface area (Å²) in [5.41, 5.74) is 1.60. The summed E-state index contributed by atoms with van der Waals surface area (Å²) in [6.45, 7) is 0.214. The minimum absolute atomic E-state index is 0.109. The van der Waals surface area contributed by atoms with Gasteiger partial charge in [-0.25, -0.2) is 5.10 Å². The molecule has 4 rings (SSSR count). The SMILES string of the molecule is O=C(Cc1noc2ccccc12)NCc1n[nH]c(=O)c2ccccc12. The molecule has 1 amide bonds. The van der Waals surface area contributed by atoms with Crippen molar-refractivity contribution in [3.05, 3.63) is 70.3 Å². The number of aromatic nitrogens is 3. The highest BCUT2D eigenvalue weighted by molar-refractivity contribution is 5.87. The number of nitrogens with one attached hydrogen (secondary N) is 2. The maximum Gasteiger partial charge on any atom is 0.272 e. The van der Waals surface area contributed by atoms with Gasteiger partial charge < -0.3 is 9.84 Å². The number of benzene rings is 2. The van der Waals surface area contributed by atoms with E-state index in [0.717, 1.165) is 10.8 Å². The van der Waals surface area contributed by atoms with Crippen LogP contribution in [0.25, 0.3) is 21.7 Å². The maximum atomic E-state index is 12.2. The summed E-state index contributed by atoms with van der Waals surface area (Å²) in [5, 5.41) is 15.3. The number of hydrogen-bond acceptors (Lipinski definition) is 5. The van der Waals surface area contributed by atoms with Gasteiger partial charge in [0.2, 0.25) is 5.91 Å². The van der Waals surface area contributed by atoms with Crippen LogP contribution in [0, 0.1) is 0 Å². The quantitative estimate of drug-likeness (QED) is 0.594. The van der Waals surface area contributed by atoms with Gasteiger partial charge >= 0.3 is 0 Å². The van der Waals surface area contributed by atoms with Crippen molar-refractivity contribution in [3.8, 4) is 0 Å². The van der Waals surface area contributed by atoms with Gasteiger partial charge in [-0.15, -0.1) is 0 Å². The molecule has 2 aromatic carbocycles. The Bertz CT molecular complexity index is 1130. The average Bonchev–Trinajstić information content (AvgIpc) is 3.04. The third kappa shape index (κ3) is 2.87. The molecule has 0 atom stereocenters. The molecule has 0 radical (unpaired) electrons. The minimum atomic E-state index is -0.250. The van der Waals surface area contributed by atoms with Crippen LogP contribution in [-0.2, 0) is 17.8 Å². The maximum absolute atomic E-state index is 12.2. The summed E-state index contributed by atoms with van der Waals surface area (Å²) in [5.74, 6) is -0.198. The van der Waals surface area contributed by atoms with Gasteiger partial charge in [0.15, 0.2) is 5.58 Å². The summed E-state index contributed by atoms with van der Waals surface area (Å²) in [4.78, 5) is 24.0. The molecule has 7 nitrogen and oxygen atoms in total. The highest BCUT2D eigenvalue weighted by Crippen LogP contribution is 2.18. The second kappa shape index (κ2) is 6.20. The van der Waals surface area contributed by atoms with Crippen LogP contribution in [0.4, 0.5) is 0 Å². The van der Waals surface area contributed by atoms with E-state index in [1.165, 1.54) is 0 Å². The molecular weight excluding hydrogens is 320 g/mol. The summed E-state index contributed by atoms with van der Waals surface area (Å²) < 4.78 is 5.20. The smallest absolute Gasteiger partial charge is 0.272 e. The van der Waals surface area contributed by atoms with Gasteiger partial charge in [-0.1, -0.05) is 35.5 Å². The monoisotopic (exact) mass is 334 g/mol. The molecule has 0 aliphatic rings. The Hall–Kier alpha value is -3.48. The molecule has 0 fully saturated rings. The van der Waals surface area contributed by atoms with E-state index in [-0.39, 0.29) is 24.4 Å². The number of hydrogen-bond donors (Lipinski definition) is 2. The van der Waals surface area contributed by atoms with Crippen molar-refractivity contribution in [3.63, 3.8) is 0 Å². The minimum Gasteiger partial charge on any atom is -0.356 e. The van der Waals surface area contributed by atoms with Crippen LogP contribution >= 0.6 is 0 Å². The highest BCUT2D eigenvalue weighted by atomic mass is 16.5. The lowest BCUT2D eigenvalue weighted by atomic mass is 10.1. The van der Waals surface area contributed by atoms with Crippen LogP contribution in [0.3, 0.4) is 0 Å². The lowest BCUT2D eigenvalue weighted by Gasteiger charge is -2.06. The van der Waals surface area contributed by atoms with E-state index < -0.39 is 0 Å². The summed E-state index contributed by atoms with van der Waals surface area (Å²) in [6, 6.07) is 14.5. The Morgan fingerprint density at radius 3 is 2.56 bits per heavy atom. The molecule has 0 aliphatic heterocycles. The molecular formula is C18H14N4O3. The number of H-pyrrole nitrogens is 1. The number of amides is 1. The van der Waals surface area contributed by atoms with Crippen molar-refractivity contribution >= 4 is 27.6 Å². The largest absolute Gasteiger partial charge is 0.356 e. The van der Waals surface area contributed by atoms with Gasteiger partial charge in [0.25, 0.3) is 5.56 Å². The van der Waals surface area contributed by atoms with Crippen molar-refractivity contribution in [2.24, 2.45) is 0 Å². The molecule has 4 aromatic rings. The molecule has 0 unspecified atom stereocenters. The van der Waals surface area contributed by atoms with Gasteiger partial charge in [-0.3, -0.25) is 9.59 Å². The molecule has 124 valence electrons. The Labute approximate surface area is 141 Å². The second-order valence-electron chi connectivity index (χ2n) is 5.62. The van der Waals surface area contributed by atoms with E-state index in [2.05, 4.69) is 20.7 Å². The van der Waals surface area contributed by atoms with Crippen molar-refractivity contribution in [1.29, 1.82) is 0 Å². The number of aromatic amines is 1. The Balaban J connectivity index is 1.51. The van der Waals surface area contributed by atoms with Crippen molar-refractivity contribution < 1.29 is 9.32 Å². The number of rotatable bonds is 4. The van der Waals surface area contributed by atoms with Gasteiger partial charge in [-0.2, -0.15) is 5.10 Å². The van der Waals surface area contributed by atoms with Crippen LogP contribution in [0.1, 0.15) is 11.4 Å². The second-order valence-corrected chi connectivity index (χ2v) is 5.62. The first-order valence-corrected chi connectivity index (χ1v) is 7.78.